The van der Waals surface area contributed by atoms with Crippen molar-refractivity contribution in [3.63, 3.8) is 0 Å². The van der Waals surface area contributed by atoms with Crippen molar-refractivity contribution in [3.05, 3.63) is 112 Å². The van der Waals surface area contributed by atoms with Crippen LogP contribution in [-0.4, -0.2) is 56.4 Å². The summed E-state index contributed by atoms with van der Waals surface area (Å²) in [5.74, 6) is -5.49. The number of fused-ring (bicyclic) bond motifs is 1. The van der Waals surface area contributed by atoms with Gasteiger partial charge in [-0.2, -0.15) is 13.2 Å². The normalized spacial score (nSPS) is 17.2. The number of nitrogens with zero attached hydrogens (tertiary/aromatic N) is 2. The summed E-state index contributed by atoms with van der Waals surface area (Å²) in [6.07, 6.45) is -12.3. The van der Waals surface area contributed by atoms with E-state index in [9.17, 15) is 53.5 Å². The lowest BCUT2D eigenvalue weighted by atomic mass is 10.0. The predicted octanol–water partition coefficient (Wildman–Crippen LogP) is 8.66. The van der Waals surface area contributed by atoms with Crippen molar-refractivity contribution in [3.8, 4) is 16.9 Å². The number of hydroxylamine groups is 1. The molecule has 0 aliphatic carbocycles. The number of ether oxygens (including phenoxy) is 1. The molecule has 12 nitrogen and oxygen atoms in total. The van der Waals surface area contributed by atoms with E-state index in [1.807, 2.05) is 0 Å². The molecule has 1 saturated heterocycles. The lowest BCUT2D eigenvalue weighted by molar-refractivity contribution is -0.275. The van der Waals surface area contributed by atoms with Crippen LogP contribution in [0, 0.1) is 0 Å². The van der Waals surface area contributed by atoms with Crippen LogP contribution in [0.3, 0.4) is 0 Å². The third-order valence-electron chi connectivity index (χ3n) is 8.07. The number of halogens is 8. The first-order valence-corrected chi connectivity index (χ1v) is 19.2. The van der Waals surface area contributed by atoms with Gasteiger partial charge in [-0.1, -0.05) is 65.7 Å². The molecule has 2 heterocycles. The van der Waals surface area contributed by atoms with Gasteiger partial charge in [-0.15, -0.1) is 23.9 Å². The van der Waals surface area contributed by atoms with Gasteiger partial charge in [-0.25, -0.2) is 18.2 Å². The molecule has 6 rings (SSSR count). The second kappa shape index (κ2) is 14.8. The van der Waals surface area contributed by atoms with E-state index in [2.05, 4.69) is 24.3 Å². The first kappa shape index (κ1) is 40.1. The number of carbonyl (C=O) groups is 2. The standard InChI is InChI=1S/C33H24Cl2F6N4O8S2/c34-21-12-20(13-22(35)15-21)19-9-10-27(26(14-19)52-33(39,40)41)55(50,51)45(53-31(47)32(36,37)38)25(30-42-23-3-1-2-4-24(23)43-30)11-17-5-7-18(8-6-17)28-16-29(46)44-54(28,48)49/h1-10,12-15,25,28,48-49H,11,16H2,(H,42,43)(H,44,46). The van der Waals surface area contributed by atoms with Crippen LogP contribution in [0.25, 0.3) is 22.2 Å². The molecule has 22 heteroatoms. The number of benzene rings is 4. The Balaban J connectivity index is 1.51. The number of amides is 1. The summed E-state index contributed by atoms with van der Waals surface area (Å²) in [6, 6.07) is 15.5. The highest BCUT2D eigenvalue weighted by atomic mass is 35.5. The molecule has 4 aromatic carbocycles. The molecule has 1 aliphatic heterocycles. The van der Waals surface area contributed by atoms with Gasteiger partial charge in [0.1, 0.15) is 27.8 Å². The van der Waals surface area contributed by atoms with E-state index in [0.29, 0.717) is 12.1 Å². The molecule has 1 aliphatic rings. The Morgan fingerprint density at radius 2 is 1.60 bits per heavy atom. The second-order valence-electron chi connectivity index (χ2n) is 11.9. The summed E-state index contributed by atoms with van der Waals surface area (Å²) in [4.78, 5) is 34.5. The zero-order valence-corrected chi connectivity index (χ0v) is 30.4. The van der Waals surface area contributed by atoms with Gasteiger partial charge < -0.3 is 14.6 Å². The van der Waals surface area contributed by atoms with Gasteiger partial charge >= 0.3 is 18.5 Å². The minimum atomic E-state index is -5.80. The summed E-state index contributed by atoms with van der Waals surface area (Å²) in [7, 11) is -9.37. The van der Waals surface area contributed by atoms with Gasteiger partial charge in [0.25, 0.3) is 10.0 Å². The number of aromatic nitrogens is 2. The molecular formula is C33H24Cl2F6N4O8S2. The highest BCUT2D eigenvalue weighted by Gasteiger charge is 2.48. The Morgan fingerprint density at radius 1 is 0.945 bits per heavy atom. The smallest absolute Gasteiger partial charge is 0.404 e. The lowest BCUT2D eigenvalue weighted by Crippen LogP contribution is -2.42. The first-order valence-electron chi connectivity index (χ1n) is 15.4. The highest BCUT2D eigenvalue weighted by Crippen LogP contribution is 2.56. The van der Waals surface area contributed by atoms with E-state index in [-0.39, 0.29) is 49.8 Å². The van der Waals surface area contributed by atoms with E-state index in [0.717, 1.165) is 6.07 Å². The number of rotatable bonds is 10. The number of sulfonamides is 1. The number of hydrogen-bond donors (Lipinski definition) is 4. The second-order valence-corrected chi connectivity index (χ2v) is 16.5. The van der Waals surface area contributed by atoms with Crippen molar-refractivity contribution in [1.82, 2.24) is 19.2 Å². The molecule has 2 atom stereocenters. The number of H-pyrrole nitrogens is 1. The van der Waals surface area contributed by atoms with Crippen molar-refractivity contribution in [2.45, 2.75) is 41.6 Å². The van der Waals surface area contributed by atoms with E-state index in [1.54, 1.807) is 12.1 Å². The van der Waals surface area contributed by atoms with Crippen molar-refractivity contribution < 1.29 is 63.0 Å². The number of alkyl halides is 6. The van der Waals surface area contributed by atoms with Crippen LogP contribution in [0.2, 0.25) is 10.0 Å². The monoisotopic (exact) mass is 852 g/mol. The van der Waals surface area contributed by atoms with Crippen LogP contribution in [0.4, 0.5) is 26.3 Å². The van der Waals surface area contributed by atoms with Gasteiger partial charge in [0.15, 0.2) is 0 Å². The largest absolute Gasteiger partial charge is 0.573 e. The maximum Gasteiger partial charge on any atom is 0.573 e. The van der Waals surface area contributed by atoms with E-state index < -0.39 is 83.9 Å². The molecule has 0 spiro atoms. The lowest BCUT2D eigenvalue weighted by Gasteiger charge is -2.33. The number of carbonyl (C=O) groups excluding carboxylic acids is 2. The maximum atomic E-state index is 14.5. The molecule has 55 heavy (non-hydrogen) atoms. The van der Waals surface area contributed by atoms with E-state index in [1.165, 1.54) is 54.6 Å². The van der Waals surface area contributed by atoms with Crippen LogP contribution in [0.5, 0.6) is 5.75 Å². The summed E-state index contributed by atoms with van der Waals surface area (Å²) >= 11 is 12.1. The first-order chi connectivity index (χ1) is 25.6. The topological polar surface area (TPSA) is 171 Å². The molecule has 5 aromatic rings. The zero-order valence-electron chi connectivity index (χ0n) is 27.2. The average Bonchev–Trinajstić information content (AvgIpc) is 3.63. The number of imidazole rings is 1. The number of para-hydroxylation sites is 2. The third kappa shape index (κ3) is 8.96. The molecule has 292 valence electrons. The minimum absolute atomic E-state index is 0.0612. The highest BCUT2D eigenvalue weighted by molar-refractivity contribution is 8.23. The van der Waals surface area contributed by atoms with Gasteiger partial charge in [-0.3, -0.25) is 18.6 Å². The van der Waals surface area contributed by atoms with Crippen LogP contribution in [-0.2, 0) is 30.9 Å². The molecule has 0 radical (unpaired) electrons. The number of hydrogen-bond acceptors (Lipinski definition) is 9. The van der Waals surface area contributed by atoms with Crippen molar-refractivity contribution in [2.75, 3.05) is 0 Å². The molecule has 0 bridgehead atoms. The molecule has 0 saturated carbocycles. The average molecular weight is 854 g/mol. The summed E-state index contributed by atoms with van der Waals surface area (Å²) in [6.45, 7) is 0. The van der Waals surface area contributed by atoms with Crippen LogP contribution in [0.1, 0.15) is 34.7 Å². The number of aromatic amines is 1. The van der Waals surface area contributed by atoms with Gasteiger partial charge in [0, 0.05) is 10.0 Å². The summed E-state index contributed by atoms with van der Waals surface area (Å²) < 4.78 is 138. The molecule has 1 aromatic heterocycles. The van der Waals surface area contributed by atoms with Crippen LogP contribution >= 0.6 is 34.0 Å². The zero-order chi connectivity index (χ0) is 40.1. The molecule has 4 N–H and O–H groups in total. The van der Waals surface area contributed by atoms with Gasteiger partial charge in [0.05, 0.1) is 17.5 Å². The fourth-order valence-electron chi connectivity index (χ4n) is 5.70. The Hall–Kier alpha value is -4.57. The molecule has 2 unspecified atom stereocenters. The van der Waals surface area contributed by atoms with E-state index in [4.69, 9.17) is 23.2 Å². The maximum absolute atomic E-state index is 14.5. The van der Waals surface area contributed by atoms with Crippen molar-refractivity contribution >= 4 is 66.9 Å². The molecular weight excluding hydrogens is 829 g/mol. The third-order valence-corrected chi connectivity index (χ3v) is 12.0. The van der Waals surface area contributed by atoms with Gasteiger partial charge in [-0.05, 0) is 75.6 Å². The minimum Gasteiger partial charge on any atom is -0.404 e. The summed E-state index contributed by atoms with van der Waals surface area (Å²) in [5, 5.41) is -0.944. The van der Waals surface area contributed by atoms with Crippen LogP contribution in [0.15, 0.2) is 89.8 Å². The van der Waals surface area contributed by atoms with Crippen molar-refractivity contribution in [1.29, 1.82) is 0 Å². The SMILES string of the molecule is O=C1CC(c2ccc(CC(c3nc4ccccc4[nH]3)N(OC(=O)C(F)(F)F)S(=O)(=O)c3ccc(-c4cc(Cl)cc(Cl)c4)cc3OC(F)(F)F)cc2)S(O)(O)N1. The summed E-state index contributed by atoms with van der Waals surface area (Å²) in [5.41, 5.74) is 0.831. The molecule has 1 fully saturated rings. The Labute approximate surface area is 318 Å². The van der Waals surface area contributed by atoms with E-state index >= 15 is 0 Å². The van der Waals surface area contributed by atoms with Crippen LogP contribution < -0.4 is 9.46 Å². The number of nitrogens with one attached hydrogen (secondary N) is 2. The molecule has 1 amide bonds. The predicted molar refractivity (Wildman–Crippen MR) is 187 cm³/mol. The Bertz CT molecular complexity index is 2340. The fourth-order valence-corrected chi connectivity index (χ4v) is 9.17. The fraction of sp³-hybridized carbons (Fsp3) is 0.182. The van der Waals surface area contributed by atoms with Crippen molar-refractivity contribution in [2.24, 2.45) is 0 Å². The Kier molecular flexibility index (Phi) is 10.8. The van der Waals surface area contributed by atoms with Gasteiger partial charge in [0.2, 0.25) is 5.91 Å². The Morgan fingerprint density at radius 3 is 2.18 bits per heavy atom. The quantitative estimate of drug-likeness (QED) is 0.0793.